The van der Waals surface area contributed by atoms with Crippen molar-refractivity contribution in [1.29, 1.82) is 0 Å². The standard InChI is InChI=1S/C24H31N3O4S2/c1-3-17(2)31-21-13-9-18(10-14-21)23(28)26-24(32)25-19-11-15-22(16-12-19)33(29,30)27-20-7-5-4-6-8-20/h9-17,20,27H,3-8H2,1-2H3,(H2,25,26,28,32). The van der Waals surface area contributed by atoms with Crippen molar-refractivity contribution in [2.45, 2.75) is 69.4 Å². The zero-order valence-electron chi connectivity index (χ0n) is 19.0. The summed E-state index contributed by atoms with van der Waals surface area (Å²) in [5.74, 6) is 0.355. The van der Waals surface area contributed by atoms with E-state index in [1.54, 1.807) is 36.4 Å². The van der Waals surface area contributed by atoms with Crippen molar-refractivity contribution in [3.05, 3.63) is 54.1 Å². The maximum atomic E-state index is 12.6. The molecule has 0 radical (unpaired) electrons. The average Bonchev–Trinajstić information content (AvgIpc) is 2.80. The summed E-state index contributed by atoms with van der Waals surface area (Å²) < 4.78 is 33.7. The summed E-state index contributed by atoms with van der Waals surface area (Å²) in [5, 5.41) is 5.65. The van der Waals surface area contributed by atoms with Crippen LogP contribution < -0.4 is 20.1 Å². The van der Waals surface area contributed by atoms with Gasteiger partial charge in [-0.25, -0.2) is 13.1 Å². The zero-order chi connectivity index (χ0) is 23.8. The van der Waals surface area contributed by atoms with Gasteiger partial charge in [-0.05, 0) is 86.9 Å². The van der Waals surface area contributed by atoms with E-state index in [2.05, 4.69) is 15.4 Å². The normalized spacial score (nSPS) is 15.5. The number of nitrogens with one attached hydrogen (secondary N) is 3. The van der Waals surface area contributed by atoms with Gasteiger partial charge in [0.15, 0.2) is 5.11 Å². The Morgan fingerprint density at radius 3 is 2.30 bits per heavy atom. The molecular formula is C24H31N3O4S2. The number of hydrogen-bond donors (Lipinski definition) is 3. The van der Waals surface area contributed by atoms with E-state index >= 15 is 0 Å². The largest absolute Gasteiger partial charge is 0.491 e. The molecule has 3 rings (SSSR count). The first-order valence-electron chi connectivity index (χ1n) is 11.3. The minimum Gasteiger partial charge on any atom is -0.491 e. The molecule has 1 unspecified atom stereocenters. The van der Waals surface area contributed by atoms with Crippen LogP contribution in [-0.4, -0.2) is 31.6 Å². The molecule has 0 saturated heterocycles. The van der Waals surface area contributed by atoms with Crippen LogP contribution in [0, 0.1) is 0 Å². The van der Waals surface area contributed by atoms with Gasteiger partial charge in [-0.1, -0.05) is 26.2 Å². The second-order valence-corrected chi connectivity index (χ2v) is 10.4. The third-order valence-corrected chi connectivity index (χ3v) is 7.35. The molecule has 33 heavy (non-hydrogen) atoms. The van der Waals surface area contributed by atoms with Crippen LogP contribution in [-0.2, 0) is 10.0 Å². The molecule has 7 nitrogen and oxygen atoms in total. The van der Waals surface area contributed by atoms with Crippen molar-refractivity contribution < 1.29 is 17.9 Å². The van der Waals surface area contributed by atoms with Crippen molar-refractivity contribution in [3.8, 4) is 5.75 Å². The van der Waals surface area contributed by atoms with Gasteiger partial charge in [-0.3, -0.25) is 10.1 Å². The SMILES string of the molecule is CCC(C)Oc1ccc(C(=O)NC(=S)Nc2ccc(S(=O)(=O)NC3CCCCC3)cc2)cc1. The first kappa shape index (κ1) is 25.1. The van der Waals surface area contributed by atoms with Gasteiger partial charge in [-0.2, -0.15) is 0 Å². The van der Waals surface area contributed by atoms with Crippen LogP contribution in [0.5, 0.6) is 5.75 Å². The van der Waals surface area contributed by atoms with Gasteiger partial charge in [0.25, 0.3) is 5.91 Å². The van der Waals surface area contributed by atoms with Crippen molar-refractivity contribution in [1.82, 2.24) is 10.0 Å². The summed E-state index contributed by atoms with van der Waals surface area (Å²) in [6.45, 7) is 4.03. The van der Waals surface area contributed by atoms with Gasteiger partial charge in [0.2, 0.25) is 10.0 Å². The highest BCUT2D eigenvalue weighted by atomic mass is 32.2. The summed E-state index contributed by atoms with van der Waals surface area (Å²) in [4.78, 5) is 12.6. The van der Waals surface area contributed by atoms with Crippen LogP contribution >= 0.6 is 12.2 Å². The molecule has 1 fully saturated rings. The van der Waals surface area contributed by atoms with Crippen LogP contribution in [0.4, 0.5) is 5.69 Å². The molecule has 1 aliphatic carbocycles. The quantitative estimate of drug-likeness (QED) is 0.469. The second-order valence-electron chi connectivity index (χ2n) is 8.25. The van der Waals surface area contributed by atoms with E-state index in [0.717, 1.165) is 38.5 Å². The summed E-state index contributed by atoms with van der Waals surface area (Å²) in [7, 11) is -3.56. The van der Waals surface area contributed by atoms with E-state index in [0.29, 0.717) is 17.0 Å². The Kier molecular flexibility index (Phi) is 8.82. The topological polar surface area (TPSA) is 96.5 Å². The molecule has 1 aliphatic rings. The van der Waals surface area contributed by atoms with Gasteiger partial charge in [-0.15, -0.1) is 0 Å². The molecule has 0 bridgehead atoms. The van der Waals surface area contributed by atoms with Gasteiger partial charge >= 0.3 is 0 Å². The zero-order valence-corrected chi connectivity index (χ0v) is 20.6. The number of rotatable bonds is 8. The fourth-order valence-electron chi connectivity index (χ4n) is 3.56. The number of thiocarbonyl (C=S) groups is 1. The summed E-state index contributed by atoms with van der Waals surface area (Å²) in [6, 6.07) is 13.1. The van der Waals surface area contributed by atoms with Crippen LogP contribution in [0.1, 0.15) is 62.7 Å². The Morgan fingerprint density at radius 1 is 1.06 bits per heavy atom. The van der Waals surface area contributed by atoms with Gasteiger partial charge in [0, 0.05) is 17.3 Å². The lowest BCUT2D eigenvalue weighted by Gasteiger charge is -2.22. The van der Waals surface area contributed by atoms with E-state index in [1.165, 1.54) is 12.1 Å². The van der Waals surface area contributed by atoms with Gasteiger partial charge < -0.3 is 10.1 Å². The lowest BCUT2D eigenvalue weighted by atomic mass is 9.96. The molecule has 2 aromatic carbocycles. The highest BCUT2D eigenvalue weighted by Gasteiger charge is 2.21. The molecule has 0 heterocycles. The number of anilines is 1. The number of carbonyl (C=O) groups is 1. The minimum atomic E-state index is -3.56. The van der Waals surface area contributed by atoms with Crippen molar-refractivity contribution in [3.63, 3.8) is 0 Å². The summed E-state index contributed by atoms with van der Waals surface area (Å²) in [5.41, 5.74) is 1.03. The summed E-state index contributed by atoms with van der Waals surface area (Å²) in [6.07, 6.45) is 6.01. The van der Waals surface area contributed by atoms with E-state index in [-0.39, 0.29) is 28.1 Å². The number of benzene rings is 2. The molecule has 1 saturated carbocycles. The smallest absolute Gasteiger partial charge is 0.257 e. The molecule has 3 N–H and O–H groups in total. The van der Waals surface area contributed by atoms with Gasteiger partial charge in [0.05, 0.1) is 11.0 Å². The summed E-state index contributed by atoms with van der Waals surface area (Å²) >= 11 is 5.23. The highest BCUT2D eigenvalue weighted by Crippen LogP contribution is 2.21. The average molecular weight is 490 g/mol. The Morgan fingerprint density at radius 2 is 1.70 bits per heavy atom. The number of ether oxygens (including phenoxy) is 1. The molecule has 1 atom stereocenters. The molecule has 178 valence electrons. The van der Waals surface area contributed by atoms with E-state index in [9.17, 15) is 13.2 Å². The van der Waals surface area contributed by atoms with Crippen molar-refractivity contribution in [2.75, 3.05) is 5.32 Å². The van der Waals surface area contributed by atoms with Crippen LogP contribution in [0.25, 0.3) is 0 Å². The number of sulfonamides is 1. The fourth-order valence-corrected chi connectivity index (χ4v) is 5.08. The Balaban J connectivity index is 1.53. The minimum absolute atomic E-state index is 0.0000143. The predicted octanol–water partition coefficient (Wildman–Crippen LogP) is 4.60. The van der Waals surface area contributed by atoms with E-state index in [1.807, 2.05) is 13.8 Å². The maximum Gasteiger partial charge on any atom is 0.257 e. The maximum absolute atomic E-state index is 12.6. The molecule has 0 spiro atoms. The van der Waals surface area contributed by atoms with E-state index < -0.39 is 10.0 Å². The molecular weight excluding hydrogens is 458 g/mol. The van der Waals surface area contributed by atoms with Gasteiger partial charge in [0.1, 0.15) is 5.75 Å². The molecule has 9 heteroatoms. The monoisotopic (exact) mass is 489 g/mol. The van der Waals surface area contributed by atoms with Crippen LogP contribution in [0.3, 0.4) is 0 Å². The fraction of sp³-hybridized carbons (Fsp3) is 0.417. The van der Waals surface area contributed by atoms with Crippen LogP contribution in [0.15, 0.2) is 53.4 Å². The molecule has 1 amide bonds. The number of hydrogen-bond acceptors (Lipinski definition) is 5. The van der Waals surface area contributed by atoms with Crippen LogP contribution in [0.2, 0.25) is 0 Å². The number of carbonyl (C=O) groups excluding carboxylic acids is 1. The first-order valence-corrected chi connectivity index (χ1v) is 13.2. The molecule has 2 aromatic rings. The second kappa shape index (κ2) is 11.6. The Labute approximate surface area is 201 Å². The molecule has 0 aliphatic heterocycles. The first-order chi connectivity index (χ1) is 15.8. The van der Waals surface area contributed by atoms with Crippen molar-refractivity contribution >= 4 is 38.9 Å². The number of amides is 1. The Hall–Kier alpha value is -2.49. The van der Waals surface area contributed by atoms with E-state index in [4.69, 9.17) is 17.0 Å². The lowest BCUT2D eigenvalue weighted by Crippen LogP contribution is -2.36. The predicted molar refractivity (Wildman–Crippen MR) is 134 cm³/mol. The molecule has 0 aromatic heterocycles. The van der Waals surface area contributed by atoms with Crippen molar-refractivity contribution in [2.24, 2.45) is 0 Å². The Bertz CT molecular complexity index is 1050. The lowest BCUT2D eigenvalue weighted by molar-refractivity contribution is 0.0977. The third kappa shape index (κ3) is 7.52. The highest BCUT2D eigenvalue weighted by molar-refractivity contribution is 7.89. The third-order valence-electron chi connectivity index (χ3n) is 5.61.